The van der Waals surface area contributed by atoms with Crippen LogP contribution in [0.25, 0.3) is 0 Å². The number of amides is 1. The molecule has 0 aliphatic carbocycles. The van der Waals surface area contributed by atoms with Crippen molar-refractivity contribution in [2.45, 2.75) is 25.8 Å². The number of benzene rings is 1. The Morgan fingerprint density at radius 3 is 2.50 bits per heavy atom. The third-order valence-corrected chi connectivity index (χ3v) is 4.71. The van der Waals surface area contributed by atoms with E-state index in [9.17, 15) is 4.79 Å². The van der Waals surface area contributed by atoms with Crippen molar-refractivity contribution < 1.29 is 4.79 Å². The molecular weight excluding hydrogens is 274 g/mol. The minimum atomic E-state index is -0.160. The van der Waals surface area contributed by atoms with Gasteiger partial charge in [-0.05, 0) is 51.5 Å². The summed E-state index contributed by atoms with van der Waals surface area (Å²) in [6.45, 7) is 5.78. The zero-order valence-corrected chi connectivity index (χ0v) is 14.1. The highest BCUT2D eigenvalue weighted by molar-refractivity contribution is 5.83. The summed E-state index contributed by atoms with van der Waals surface area (Å²) < 4.78 is 0. The lowest BCUT2D eigenvalue weighted by molar-refractivity contribution is -0.138. The molecule has 1 aromatic carbocycles. The molecule has 1 unspecified atom stereocenters. The van der Waals surface area contributed by atoms with Gasteiger partial charge in [0.15, 0.2) is 0 Å². The fourth-order valence-corrected chi connectivity index (χ4v) is 3.22. The molecule has 0 radical (unpaired) electrons. The first-order valence-electron chi connectivity index (χ1n) is 8.36. The van der Waals surface area contributed by atoms with Crippen molar-refractivity contribution >= 4 is 5.91 Å². The van der Waals surface area contributed by atoms with E-state index in [4.69, 9.17) is 0 Å². The molecule has 1 aliphatic rings. The molecule has 1 fully saturated rings. The Morgan fingerprint density at radius 2 is 1.95 bits per heavy atom. The van der Waals surface area contributed by atoms with Crippen LogP contribution in [0.1, 0.15) is 31.4 Å². The van der Waals surface area contributed by atoms with E-state index < -0.39 is 0 Å². The maximum atomic E-state index is 13.0. The van der Waals surface area contributed by atoms with Crippen molar-refractivity contribution in [3.05, 3.63) is 35.9 Å². The Balaban J connectivity index is 2.07. The molecule has 4 heteroatoms. The molecule has 1 heterocycles. The van der Waals surface area contributed by atoms with Crippen LogP contribution in [0.2, 0.25) is 0 Å². The maximum Gasteiger partial charge on any atom is 0.244 e. The predicted octanol–water partition coefficient (Wildman–Crippen LogP) is 2.14. The summed E-state index contributed by atoms with van der Waals surface area (Å²) in [5.41, 5.74) is 1.09. The molecule has 1 amide bonds. The Kier molecular flexibility index (Phi) is 6.40. The van der Waals surface area contributed by atoms with Gasteiger partial charge in [-0.15, -0.1) is 0 Å². The molecule has 0 spiro atoms. The Labute approximate surface area is 134 Å². The van der Waals surface area contributed by atoms with Gasteiger partial charge in [-0.3, -0.25) is 9.69 Å². The average Bonchev–Trinajstić information content (AvgIpc) is 2.56. The second-order valence-electron chi connectivity index (χ2n) is 6.21. The van der Waals surface area contributed by atoms with Crippen LogP contribution in [0.5, 0.6) is 0 Å². The summed E-state index contributed by atoms with van der Waals surface area (Å²) in [5, 5.41) is 3.25. The second-order valence-corrected chi connectivity index (χ2v) is 6.21. The highest BCUT2D eigenvalue weighted by Crippen LogP contribution is 2.25. The van der Waals surface area contributed by atoms with Gasteiger partial charge in [-0.25, -0.2) is 0 Å². The second kappa shape index (κ2) is 8.30. The fraction of sp³-hybridized carbons (Fsp3) is 0.611. The number of rotatable bonds is 6. The number of piperidine rings is 1. The zero-order chi connectivity index (χ0) is 15.9. The number of nitrogens with one attached hydrogen (secondary N) is 1. The van der Waals surface area contributed by atoms with E-state index in [2.05, 4.69) is 34.2 Å². The zero-order valence-electron chi connectivity index (χ0n) is 14.1. The van der Waals surface area contributed by atoms with Crippen LogP contribution in [0, 0.1) is 5.92 Å². The number of nitrogens with zero attached hydrogens (tertiary/aromatic N) is 2. The van der Waals surface area contributed by atoms with Gasteiger partial charge in [0.25, 0.3) is 0 Å². The SMILES string of the molecule is CCN(C)C(C(=O)N1CCC(CNC)CC1)c1ccccc1. The smallest absolute Gasteiger partial charge is 0.244 e. The summed E-state index contributed by atoms with van der Waals surface area (Å²) in [6, 6.07) is 9.98. The number of carbonyl (C=O) groups excluding carboxylic acids is 1. The third kappa shape index (κ3) is 4.08. The van der Waals surface area contributed by atoms with Crippen molar-refractivity contribution in [3.63, 3.8) is 0 Å². The first-order valence-corrected chi connectivity index (χ1v) is 8.36. The van der Waals surface area contributed by atoms with Gasteiger partial charge in [0.05, 0.1) is 0 Å². The van der Waals surface area contributed by atoms with Crippen molar-refractivity contribution in [1.29, 1.82) is 0 Å². The molecule has 0 bridgehead atoms. The third-order valence-electron chi connectivity index (χ3n) is 4.71. The summed E-state index contributed by atoms with van der Waals surface area (Å²) in [6.07, 6.45) is 2.20. The van der Waals surface area contributed by atoms with Crippen LogP contribution in [0.15, 0.2) is 30.3 Å². The van der Waals surface area contributed by atoms with E-state index in [0.717, 1.165) is 44.6 Å². The molecular formula is C18H29N3O. The first-order chi connectivity index (χ1) is 10.7. The fourth-order valence-electron chi connectivity index (χ4n) is 3.22. The predicted molar refractivity (Wildman–Crippen MR) is 90.7 cm³/mol. The van der Waals surface area contributed by atoms with E-state index in [-0.39, 0.29) is 11.9 Å². The van der Waals surface area contributed by atoms with Gasteiger partial charge in [0.1, 0.15) is 6.04 Å². The largest absolute Gasteiger partial charge is 0.341 e. The molecule has 1 atom stereocenters. The Hall–Kier alpha value is -1.39. The number of hydrogen-bond donors (Lipinski definition) is 1. The summed E-state index contributed by atoms with van der Waals surface area (Å²) in [4.78, 5) is 17.2. The van der Waals surface area contributed by atoms with Crippen molar-refractivity contribution in [2.75, 3.05) is 40.3 Å². The van der Waals surface area contributed by atoms with Gasteiger partial charge >= 0.3 is 0 Å². The van der Waals surface area contributed by atoms with E-state index in [1.807, 2.05) is 32.3 Å². The number of likely N-dealkylation sites (tertiary alicyclic amines) is 1. The van der Waals surface area contributed by atoms with Crippen LogP contribution < -0.4 is 5.32 Å². The molecule has 22 heavy (non-hydrogen) atoms. The van der Waals surface area contributed by atoms with E-state index >= 15 is 0 Å². The molecule has 4 nitrogen and oxygen atoms in total. The van der Waals surface area contributed by atoms with Gasteiger partial charge in [-0.2, -0.15) is 0 Å². The van der Waals surface area contributed by atoms with Crippen LogP contribution in [-0.4, -0.2) is 56.0 Å². The van der Waals surface area contributed by atoms with E-state index in [0.29, 0.717) is 5.92 Å². The monoisotopic (exact) mass is 303 g/mol. The highest BCUT2D eigenvalue weighted by Gasteiger charge is 2.31. The Bertz CT molecular complexity index is 455. The summed E-state index contributed by atoms with van der Waals surface area (Å²) >= 11 is 0. The van der Waals surface area contributed by atoms with Crippen LogP contribution in [0.3, 0.4) is 0 Å². The van der Waals surface area contributed by atoms with Crippen LogP contribution in [-0.2, 0) is 4.79 Å². The molecule has 0 saturated carbocycles. The normalized spacial score (nSPS) is 17.7. The highest BCUT2D eigenvalue weighted by atomic mass is 16.2. The minimum Gasteiger partial charge on any atom is -0.341 e. The van der Waals surface area contributed by atoms with Crippen molar-refractivity contribution in [3.8, 4) is 0 Å². The molecule has 2 rings (SSSR count). The van der Waals surface area contributed by atoms with Gasteiger partial charge in [-0.1, -0.05) is 37.3 Å². The minimum absolute atomic E-state index is 0.160. The van der Waals surface area contributed by atoms with E-state index in [1.54, 1.807) is 0 Å². The van der Waals surface area contributed by atoms with Gasteiger partial charge < -0.3 is 10.2 Å². The lowest BCUT2D eigenvalue weighted by atomic mass is 9.95. The van der Waals surface area contributed by atoms with E-state index in [1.165, 1.54) is 0 Å². The molecule has 1 saturated heterocycles. The standard InChI is InChI=1S/C18H29N3O/c1-4-20(3)17(16-8-6-5-7-9-16)18(22)21-12-10-15(11-13-21)14-19-2/h5-9,15,17,19H,4,10-14H2,1-3H3. The molecule has 122 valence electrons. The van der Waals surface area contributed by atoms with Gasteiger partial charge in [0.2, 0.25) is 5.91 Å². The van der Waals surface area contributed by atoms with Crippen molar-refractivity contribution in [2.24, 2.45) is 5.92 Å². The molecule has 1 N–H and O–H groups in total. The van der Waals surface area contributed by atoms with Crippen molar-refractivity contribution in [1.82, 2.24) is 15.1 Å². The first kappa shape index (κ1) is 17.0. The van der Waals surface area contributed by atoms with Gasteiger partial charge in [0, 0.05) is 13.1 Å². The molecule has 1 aromatic rings. The van der Waals surface area contributed by atoms with Crippen LogP contribution in [0.4, 0.5) is 0 Å². The molecule has 1 aliphatic heterocycles. The van der Waals surface area contributed by atoms with Crippen LogP contribution >= 0.6 is 0 Å². The number of carbonyl (C=O) groups is 1. The summed E-state index contributed by atoms with van der Waals surface area (Å²) in [7, 11) is 4.03. The Morgan fingerprint density at radius 1 is 1.32 bits per heavy atom. The number of likely N-dealkylation sites (N-methyl/N-ethyl adjacent to an activating group) is 1. The maximum absolute atomic E-state index is 13.0. The number of hydrogen-bond acceptors (Lipinski definition) is 3. The quantitative estimate of drug-likeness (QED) is 0.874. The summed E-state index contributed by atoms with van der Waals surface area (Å²) in [5.74, 6) is 0.951. The lowest BCUT2D eigenvalue weighted by Gasteiger charge is -2.36. The average molecular weight is 303 g/mol. The topological polar surface area (TPSA) is 35.6 Å². The molecule has 0 aromatic heterocycles. The lowest BCUT2D eigenvalue weighted by Crippen LogP contribution is -2.46.